The lowest BCUT2D eigenvalue weighted by Gasteiger charge is -2.08. The number of nitrogens with one attached hydrogen (secondary N) is 2. The lowest BCUT2D eigenvalue weighted by atomic mass is 10.1. The predicted octanol–water partition coefficient (Wildman–Crippen LogP) is 1.92. The fourth-order valence-corrected chi connectivity index (χ4v) is 1.75. The van der Waals surface area contributed by atoms with Crippen molar-refractivity contribution in [1.82, 2.24) is 10.3 Å². The zero-order valence-corrected chi connectivity index (χ0v) is 11.5. The van der Waals surface area contributed by atoms with Gasteiger partial charge in [-0.2, -0.15) is 0 Å². The van der Waals surface area contributed by atoms with Gasteiger partial charge >= 0.3 is 0 Å². The topological polar surface area (TPSA) is 74.2 Å². The fourth-order valence-electron chi connectivity index (χ4n) is 1.75. The smallest absolute Gasteiger partial charge is 0.239 e. The number of hydrogen-bond acceptors (Lipinski definition) is 4. The van der Waals surface area contributed by atoms with Crippen LogP contribution in [0.4, 0.5) is 5.82 Å². The average Bonchev–Trinajstić information content (AvgIpc) is 2.46. The molecule has 1 heterocycles. The van der Waals surface area contributed by atoms with Gasteiger partial charge in [0.05, 0.1) is 6.54 Å². The molecule has 0 atom stereocenters. The molecule has 2 aromatic rings. The molecule has 1 amide bonds. The lowest BCUT2D eigenvalue weighted by molar-refractivity contribution is -0.118. The van der Waals surface area contributed by atoms with Crippen molar-refractivity contribution in [2.75, 3.05) is 18.9 Å². The third kappa shape index (κ3) is 3.26. The van der Waals surface area contributed by atoms with Crippen LogP contribution in [-0.4, -0.2) is 29.6 Å². The molecule has 1 aromatic carbocycles. The van der Waals surface area contributed by atoms with Crippen LogP contribution in [0.1, 0.15) is 5.56 Å². The van der Waals surface area contributed by atoms with Crippen molar-refractivity contribution in [1.29, 1.82) is 0 Å². The third-order valence-corrected chi connectivity index (χ3v) is 2.95. The maximum absolute atomic E-state index is 11.1. The monoisotopic (exact) mass is 271 g/mol. The summed E-state index contributed by atoms with van der Waals surface area (Å²) in [4.78, 5) is 15.3. The Hall–Kier alpha value is -2.56. The van der Waals surface area contributed by atoms with E-state index in [-0.39, 0.29) is 18.2 Å². The number of amides is 1. The normalized spacial score (nSPS) is 10.1. The minimum Gasteiger partial charge on any atom is -0.504 e. The molecule has 0 fully saturated rings. The molecule has 0 unspecified atom stereocenters. The van der Waals surface area contributed by atoms with Gasteiger partial charge < -0.3 is 15.7 Å². The van der Waals surface area contributed by atoms with Crippen LogP contribution in [0.5, 0.6) is 5.75 Å². The molecule has 0 aliphatic carbocycles. The van der Waals surface area contributed by atoms with E-state index in [0.717, 1.165) is 11.1 Å². The molecule has 3 N–H and O–H groups in total. The Bertz CT molecular complexity index is 609. The van der Waals surface area contributed by atoms with Crippen molar-refractivity contribution in [3.63, 3.8) is 0 Å². The highest BCUT2D eigenvalue weighted by molar-refractivity contribution is 5.80. The van der Waals surface area contributed by atoms with Crippen LogP contribution in [0, 0.1) is 6.92 Å². The molecular weight excluding hydrogens is 254 g/mol. The van der Waals surface area contributed by atoms with Gasteiger partial charge in [0.15, 0.2) is 11.6 Å². The molecule has 20 heavy (non-hydrogen) atoms. The molecule has 0 radical (unpaired) electrons. The van der Waals surface area contributed by atoms with Gasteiger partial charge in [0, 0.05) is 18.8 Å². The van der Waals surface area contributed by atoms with E-state index in [1.807, 2.05) is 31.2 Å². The Morgan fingerprint density at radius 2 is 1.95 bits per heavy atom. The Labute approximate surface area is 117 Å². The zero-order valence-electron chi connectivity index (χ0n) is 11.5. The van der Waals surface area contributed by atoms with Gasteiger partial charge in [-0.1, -0.05) is 29.8 Å². The van der Waals surface area contributed by atoms with Crippen molar-refractivity contribution < 1.29 is 9.90 Å². The van der Waals surface area contributed by atoms with Crippen molar-refractivity contribution in [3.05, 3.63) is 42.1 Å². The highest BCUT2D eigenvalue weighted by Gasteiger charge is 2.07. The summed E-state index contributed by atoms with van der Waals surface area (Å²) in [6.07, 6.45) is 1.66. The first-order valence-corrected chi connectivity index (χ1v) is 6.30. The fraction of sp³-hybridized carbons (Fsp3) is 0.200. The number of aryl methyl sites for hydroxylation is 1. The molecular formula is C15H17N3O2. The molecule has 1 aromatic heterocycles. The number of likely N-dealkylation sites (N-methyl/N-ethyl adjacent to an activating group) is 1. The molecule has 0 aliphatic rings. The third-order valence-electron chi connectivity index (χ3n) is 2.95. The van der Waals surface area contributed by atoms with Crippen LogP contribution < -0.4 is 10.6 Å². The minimum absolute atomic E-state index is 0.0204. The van der Waals surface area contributed by atoms with E-state index in [1.54, 1.807) is 19.3 Å². The van der Waals surface area contributed by atoms with E-state index < -0.39 is 0 Å². The number of rotatable bonds is 4. The molecule has 0 saturated carbocycles. The SMILES string of the molecule is CNC(=O)CNc1ncc(-c2ccc(C)cc2)cc1O. The Morgan fingerprint density at radius 1 is 1.25 bits per heavy atom. The molecule has 2 rings (SSSR count). The molecule has 5 nitrogen and oxygen atoms in total. The molecule has 0 bridgehead atoms. The maximum Gasteiger partial charge on any atom is 0.239 e. The number of nitrogens with zero attached hydrogens (tertiary/aromatic N) is 1. The largest absolute Gasteiger partial charge is 0.504 e. The number of carbonyl (C=O) groups is 1. The van der Waals surface area contributed by atoms with Gasteiger partial charge in [-0.05, 0) is 18.6 Å². The van der Waals surface area contributed by atoms with Gasteiger partial charge in [0.25, 0.3) is 0 Å². The zero-order chi connectivity index (χ0) is 14.5. The highest BCUT2D eigenvalue weighted by atomic mass is 16.3. The molecule has 0 saturated heterocycles. The number of pyridine rings is 1. The summed E-state index contributed by atoms with van der Waals surface area (Å²) in [5.41, 5.74) is 2.99. The summed E-state index contributed by atoms with van der Waals surface area (Å²) in [6, 6.07) is 9.59. The maximum atomic E-state index is 11.1. The number of aromatic nitrogens is 1. The highest BCUT2D eigenvalue weighted by Crippen LogP contribution is 2.27. The van der Waals surface area contributed by atoms with Crippen LogP contribution in [0.25, 0.3) is 11.1 Å². The van der Waals surface area contributed by atoms with Crippen molar-refractivity contribution in [2.24, 2.45) is 0 Å². The summed E-state index contributed by atoms with van der Waals surface area (Å²) in [5.74, 6) is 0.144. The van der Waals surface area contributed by atoms with Gasteiger partial charge in [0.1, 0.15) is 0 Å². The molecule has 0 spiro atoms. The summed E-state index contributed by atoms with van der Waals surface area (Å²) in [7, 11) is 1.55. The van der Waals surface area contributed by atoms with Crippen molar-refractivity contribution in [2.45, 2.75) is 6.92 Å². The first-order valence-electron chi connectivity index (χ1n) is 6.30. The quantitative estimate of drug-likeness (QED) is 0.794. The number of anilines is 1. The molecule has 104 valence electrons. The Balaban J connectivity index is 2.17. The second-order valence-corrected chi connectivity index (χ2v) is 4.48. The van der Waals surface area contributed by atoms with Crippen LogP contribution >= 0.6 is 0 Å². The van der Waals surface area contributed by atoms with Gasteiger partial charge in [-0.3, -0.25) is 4.79 Å². The first kappa shape index (κ1) is 13.9. The van der Waals surface area contributed by atoms with Gasteiger partial charge in [-0.15, -0.1) is 0 Å². The minimum atomic E-state index is -0.172. The lowest BCUT2D eigenvalue weighted by Crippen LogP contribution is -2.26. The van der Waals surface area contributed by atoms with Gasteiger partial charge in [-0.25, -0.2) is 4.98 Å². The van der Waals surface area contributed by atoms with E-state index in [2.05, 4.69) is 15.6 Å². The average molecular weight is 271 g/mol. The van der Waals surface area contributed by atoms with E-state index in [4.69, 9.17) is 0 Å². The number of benzene rings is 1. The van der Waals surface area contributed by atoms with E-state index in [9.17, 15) is 9.90 Å². The standard InChI is InChI=1S/C15H17N3O2/c1-10-3-5-11(6-4-10)12-7-13(19)15(17-8-12)18-9-14(20)16-2/h3-8,19H,9H2,1-2H3,(H,16,20)(H,17,18). The van der Waals surface area contributed by atoms with Crippen LogP contribution in [0.15, 0.2) is 36.5 Å². The Kier molecular flexibility index (Phi) is 4.20. The molecule has 0 aliphatic heterocycles. The molecule has 5 heteroatoms. The van der Waals surface area contributed by atoms with Crippen LogP contribution in [0.3, 0.4) is 0 Å². The van der Waals surface area contributed by atoms with Crippen molar-refractivity contribution in [3.8, 4) is 16.9 Å². The first-order chi connectivity index (χ1) is 9.60. The number of hydrogen-bond donors (Lipinski definition) is 3. The van der Waals surface area contributed by atoms with Gasteiger partial charge in [0.2, 0.25) is 5.91 Å². The number of aromatic hydroxyl groups is 1. The predicted molar refractivity (Wildman–Crippen MR) is 78.6 cm³/mol. The van der Waals surface area contributed by atoms with E-state index in [1.165, 1.54) is 5.56 Å². The van der Waals surface area contributed by atoms with Crippen LogP contribution in [0.2, 0.25) is 0 Å². The second kappa shape index (κ2) is 6.06. The van der Waals surface area contributed by atoms with Crippen molar-refractivity contribution >= 4 is 11.7 Å². The summed E-state index contributed by atoms with van der Waals surface area (Å²) >= 11 is 0. The summed E-state index contributed by atoms with van der Waals surface area (Å²) in [5, 5.41) is 15.2. The second-order valence-electron chi connectivity index (χ2n) is 4.48. The Morgan fingerprint density at radius 3 is 2.55 bits per heavy atom. The van der Waals surface area contributed by atoms with E-state index in [0.29, 0.717) is 5.82 Å². The van der Waals surface area contributed by atoms with Crippen LogP contribution in [-0.2, 0) is 4.79 Å². The summed E-state index contributed by atoms with van der Waals surface area (Å²) in [6.45, 7) is 2.09. The van der Waals surface area contributed by atoms with E-state index >= 15 is 0 Å². The summed E-state index contributed by atoms with van der Waals surface area (Å²) < 4.78 is 0. The number of carbonyl (C=O) groups excluding carboxylic acids is 1.